The quantitative estimate of drug-likeness (QED) is 0.591. The zero-order chi connectivity index (χ0) is 6.97. The van der Waals surface area contributed by atoms with E-state index < -0.39 is 0 Å². The fourth-order valence-corrected chi connectivity index (χ4v) is 1.95. The molecule has 0 saturated carbocycles. The lowest BCUT2D eigenvalue weighted by atomic mass is 10.3. The Kier molecular flexibility index (Phi) is 1.36. The minimum absolute atomic E-state index is 0.799. The summed E-state index contributed by atoms with van der Waals surface area (Å²) in [5, 5.41) is 3.75. The highest BCUT2D eigenvalue weighted by Crippen LogP contribution is 2.27. The maximum Gasteiger partial charge on any atom is 0.124 e. The Labute approximate surface area is 67.3 Å². The summed E-state index contributed by atoms with van der Waals surface area (Å²) in [6.45, 7) is 0. The van der Waals surface area contributed by atoms with Crippen LogP contribution in [0.2, 0.25) is 5.02 Å². The van der Waals surface area contributed by atoms with Gasteiger partial charge in [0.25, 0.3) is 0 Å². The minimum Gasteiger partial charge on any atom is -0.245 e. The second-order valence-corrected chi connectivity index (χ2v) is 3.21. The second kappa shape index (κ2) is 2.22. The molecular weight excluding hydrogens is 166 g/mol. The monoisotopic (exact) mass is 169 g/mol. The fraction of sp³-hybridized carbons (Fsp3) is 0. The minimum atomic E-state index is 0.799. The van der Waals surface area contributed by atoms with Crippen molar-refractivity contribution in [1.82, 2.24) is 4.98 Å². The number of hydrogen-bond donors (Lipinski definition) is 0. The van der Waals surface area contributed by atoms with Gasteiger partial charge in [0, 0.05) is 17.0 Å². The smallest absolute Gasteiger partial charge is 0.124 e. The van der Waals surface area contributed by atoms with Gasteiger partial charge in [0.2, 0.25) is 0 Å². The largest absolute Gasteiger partial charge is 0.245 e. The van der Waals surface area contributed by atoms with Crippen LogP contribution in [-0.2, 0) is 0 Å². The predicted octanol–water partition coefficient (Wildman–Crippen LogP) is 2.95. The number of halogens is 1. The number of pyridine rings is 1. The van der Waals surface area contributed by atoms with Gasteiger partial charge in [-0.05, 0) is 12.1 Å². The van der Waals surface area contributed by atoms with Gasteiger partial charge in [-0.3, -0.25) is 0 Å². The SMILES string of the molecule is Clc1csc2ncccc12. The lowest BCUT2D eigenvalue weighted by Crippen LogP contribution is -1.66. The summed E-state index contributed by atoms with van der Waals surface area (Å²) >= 11 is 7.41. The van der Waals surface area contributed by atoms with Gasteiger partial charge in [0.1, 0.15) is 4.83 Å². The lowest BCUT2D eigenvalue weighted by molar-refractivity contribution is 1.45. The van der Waals surface area contributed by atoms with E-state index in [9.17, 15) is 0 Å². The Balaban J connectivity index is 2.93. The molecule has 2 heterocycles. The number of aromatic nitrogens is 1. The second-order valence-electron chi connectivity index (χ2n) is 1.94. The lowest BCUT2D eigenvalue weighted by Gasteiger charge is -1.84. The summed E-state index contributed by atoms with van der Waals surface area (Å²) in [6, 6.07) is 3.86. The van der Waals surface area contributed by atoms with E-state index in [1.165, 1.54) is 0 Å². The maximum atomic E-state index is 5.84. The molecule has 50 valence electrons. The van der Waals surface area contributed by atoms with E-state index in [4.69, 9.17) is 11.6 Å². The molecule has 0 atom stereocenters. The molecule has 2 aromatic heterocycles. The van der Waals surface area contributed by atoms with E-state index in [0.29, 0.717) is 0 Å². The van der Waals surface area contributed by atoms with Gasteiger partial charge in [0.05, 0.1) is 5.02 Å². The van der Waals surface area contributed by atoms with E-state index in [1.807, 2.05) is 17.5 Å². The van der Waals surface area contributed by atoms with E-state index >= 15 is 0 Å². The van der Waals surface area contributed by atoms with Crippen LogP contribution in [0.5, 0.6) is 0 Å². The van der Waals surface area contributed by atoms with Gasteiger partial charge in [-0.25, -0.2) is 4.98 Å². The number of nitrogens with zero attached hydrogens (tertiary/aromatic N) is 1. The standard InChI is InChI=1S/C7H4ClNS/c8-6-4-10-7-5(6)2-1-3-9-7/h1-4H. The molecular formula is C7H4ClNS. The van der Waals surface area contributed by atoms with Gasteiger partial charge >= 0.3 is 0 Å². The highest BCUT2D eigenvalue weighted by molar-refractivity contribution is 7.17. The maximum absolute atomic E-state index is 5.84. The molecule has 0 bridgehead atoms. The van der Waals surface area contributed by atoms with Crippen LogP contribution >= 0.6 is 22.9 Å². The van der Waals surface area contributed by atoms with Gasteiger partial charge in [-0.2, -0.15) is 0 Å². The molecule has 10 heavy (non-hydrogen) atoms. The van der Waals surface area contributed by atoms with Crippen LogP contribution in [0.15, 0.2) is 23.7 Å². The zero-order valence-electron chi connectivity index (χ0n) is 5.04. The Hall–Kier alpha value is -0.600. The van der Waals surface area contributed by atoms with Crippen molar-refractivity contribution in [3.05, 3.63) is 28.7 Å². The molecule has 0 radical (unpaired) electrons. The third kappa shape index (κ3) is 0.805. The van der Waals surface area contributed by atoms with Gasteiger partial charge in [-0.15, -0.1) is 11.3 Å². The zero-order valence-corrected chi connectivity index (χ0v) is 6.62. The highest BCUT2D eigenvalue weighted by Gasteiger charge is 1.98. The van der Waals surface area contributed by atoms with Crippen LogP contribution in [0, 0.1) is 0 Å². The summed E-state index contributed by atoms with van der Waals surface area (Å²) in [7, 11) is 0. The summed E-state index contributed by atoms with van der Waals surface area (Å²) in [5.41, 5.74) is 0. The number of fused-ring (bicyclic) bond motifs is 1. The van der Waals surface area contributed by atoms with E-state index in [0.717, 1.165) is 15.2 Å². The van der Waals surface area contributed by atoms with Gasteiger partial charge in [-0.1, -0.05) is 11.6 Å². The molecule has 0 aliphatic heterocycles. The van der Waals surface area contributed by atoms with Crippen LogP contribution < -0.4 is 0 Å². The first-order valence-corrected chi connectivity index (χ1v) is 4.11. The van der Waals surface area contributed by atoms with Crippen molar-refractivity contribution in [3.8, 4) is 0 Å². The van der Waals surface area contributed by atoms with E-state index in [-0.39, 0.29) is 0 Å². The fourth-order valence-electron chi connectivity index (χ4n) is 0.838. The molecule has 0 saturated heterocycles. The Bertz CT molecular complexity index is 355. The average molecular weight is 170 g/mol. The van der Waals surface area contributed by atoms with Crippen LogP contribution in [0.3, 0.4) is 0 Å². The average Bonchev–Trinajstić information content (AvgIpc) is 2.34. The van der Waals surface area contributed by atoms with Crippen molar-refractivity contribution in [3.63, 3.8) is 0 Å². The summed E-state index contributed by atoms with van der Waals surface area (Å²) < 4.78 is 0. The summed E-state index contributed by atoms with van der Waals surface area (Å²) in [6.07, 6.45) is 1.77. The topological polar surface area (TPSA) is 12.9 Å². The van der Waals surface area contributed by atoms with Gasteiger partial charge in [0.15, 0.2) is 0 Å². The first-order chi connectivity index (χ1) is 4.88. The Morgan fingerprint density at radius 3 is 3.20 bits per heavy atom. The van der Waals surface area contributed by atoms with Crippen LogP contribution in [0.25, 0.3) is 10.2 Å². The summed E-state index contributed by atoms with van der Waals surface area (Å²) in [5.74, 6) is 0. The van der Waals surface area contributed by atoms with E-state index in [1.54, 1.807) is 17.5 Å². The van der Waals surface area contributed by atoms with Crippen molar-refractivity contribution in [2.24, 2.45) is 0 Å². The van der Waals surface area contributed by atoms with Crippen LogP contribution in [0.4, 0.5) is 0 Å². The number of rotatable bonds is 0. The molecule has 0 aliphatic rings. The number of hydrogen-bond acceptors (Lipinski definition) is 2. The molecule has 1 nitrogen and oxygen atoms in total. The highest BCUT2D eigenvalue weighted by atomic mass is 35.5. The van der Waals surface area contributed by atoms with Crippen molar-refractivity contribution in [2.75, 3.05) is 0 Å². The summed E-state index contributed by atoms with van der Waals surface area (Å²) in [4.78, 5) is 5.14. The molecule has 3 heteroatoms. The van der Waals surface area contributed by atoms with Gasteiger partial charge < -0.3 is 0 Å². The third-order valence-corrected chi connectivity index (χ3v) is 2.65. The molecule has 2 aromatic rings. The first-order valence-electron chi connectivity index (χ1n) is 2.85. The molecule has 2 rings (SSSR count). The van der Waals surface area contributed by atoms with Crippen LogP contribution in [-0.4, -0.2) is 4.98 Å². The Morgan fingerprint density at radius 2 is 2.40 bits per heavy atom. The van der Waals surface area contributed by atoms with Crippen molar-refractivity contribution < 1.29 is 0 Å². The molecule has 0 amide bonds. The van der Waals surface area contributed by atoms with Crippen molar-refractivity contribution in [2.45, 2.75) is 0 Å². The Morgan fingerprint density at radius 1 is 1.50 bits per heavy atom. The molecule has 0 aromatic carbocycles. The van der Waals surface area contributed by atoms with Crippen molar-refractivity contribution >= 4 is 33.2 Å². The molecule has 0 spiro atoms. The molecule has 0 fully saturated rings. The molecule has 0 aliphatic carbocycles. The third-order valence-electron chi connectivity index (χ3n) is 1.30. The molecule has 0 unspecified atom stereocenters. The normalized spacial score (nSPS) is 10.5. The number of thiophene rings is 1. The predicted molar refractivity (Wildman–Crippen MR) is 44.6 cm³/mol. The van der Waals surface area contributed by atoms with E-state index in [2.05, 4.69) is 4.98 Å². The first kappa shape index (κ1) is 6.13. The van der Waals surface area contributed by atoms with Crippen molar-refractivity contribution in [1.29, 1.82) is 0 Å². The van der Waals surface area contributed by atoms with Crippen LogP contribution in [0.1, 0.15) is 0 Å². The molecule has 0 N–H and O–H groups in total.